The summed E-state index contributed by atoms with van der Waals surface area (Å²) in [4.78, 5) is 4.35. The molecule has 0 aliphatic heterocycles. The molecule has 0 aliphatic carbocycles. The van der Waals surface area contributed by atoms with E-state index in [4.69, 9.17) is 11.6 Å². The second-order valence-corrected chi connectivity index (χ2v) is 5.35. The van der Waals surface area contributed by atoms with Crippen molar-refractivity contribution in [1.29, 1.82) is 0 Å². The second-order valence-electron chi connectivity index (χ2n) is 4.13. The lowest BCUT2D eigenvalue weighted by Gasteiger charge is -2.24. The number of aromatic nitrogens is 1. The number of pyridine rings is 1. The number of nitrogens with zero attached hydrogens (tertiary/aromatic N) is 1. The first-order chi connectivity index (χ1) is 7.12. The Bertz CT molecular complexity index is 464. The minimum Gasteiger partial charge on any atom is -0.363 e. The molecule has 15 heavy (non-hydrogen) atoms. The third-order valence-electron chi connectivity index (χ3n) is 2.17. The molecule has 0 saturated carbocycles. The summed E-state index contributed by atoms with van der Waals surface area (Å²) in [5.41, 5.74) is -0.134. The molecule has 2 nitrogen and oxygen atoms in total. The molecular weight excluding hydrogens is 228 g/mol. The highest BCUT2D eigenvalue weighted by atomic mass is 35.5. The van der Waals surface area contributed by atoms with Crippen LogP contribution in [0.5, 0.6) is 0 Å². The van der Waals surface area contributed by atoms with Gasteiger partial charge in [-0.25, -0.2) is 4.98 Å². The Morgan fingerprint density at radius 1 is 1.47 bits per heavy atom. The average molecular weight is 241 g/mol. The van der Waals surface area contributed by atoms with E-state index in [0.29, 0.717) is 5.88 Å². The van der Waals surface area contributed by atoms with Crippen LogP contribution in [0, 0.1) is 0 Å². The smallest absolute Gasteiger partial charge is 0.135 e. The van der Waals surface area contributed by atoms with Crippen LogP contribution in [-0.4, -0.2) is 16.4 Å². The van der Waals surface area contributed by atoms with Crippen LogP contribution in [0.2, 0.25) is 0 Å². The van der Waals surface area contributed by atoms with Gasteiger partial charge in [-0.05, 0) is 31.4 Å². The van der Waals surface area contributed by atoms with Gasteiger partial charge in [0.1, 0.15) is 5.82 Å². The number of halogens is 1. The molecule has 0 amide bonds. The van der Waals surface area contributed by atoms with Gasteiger partial charge in [0.15, 0.2) is 0 Å². The summed E-state index contributed by atoms with van der Waals surface area (Å²) in [6.07, 6.45) is 1.82. The van der Waals surface area contributed by atoms with Gasteiger partial charge in [0.2, 0.25) is 0 Å². The van der Waals surface area contributed by atoms with Crippen LogP contribution < -0.4 is 5.32 Å². The van der Waals surface area contributed by atoms with E-state index in [9.17, 15) is 0 Å². The van der Waals surface area contributed by atoms with Crippen molar-refractivity contribution in [2.24, 2.45) is 0 Å². The zero-order valence-corrected chi connectivity index (χ0v) is 10.3. The molecule has 0 fully saturated rings. The highest BCUT2D eigenvalue weighted by Crippen LogP contribution is 2.27. The van der Waals surface area contributed by atoms with Crippen molar-refractivity contribution in [2.75, 3.05) is 11.2 Å². The van der Waals surface area contributed by atoms with Crippen molar-refractivity contribution in [3.63, 3.8) is 0 Å². The molecule has 0 spiro atoms. The number of rotatable bonds is 3. The maximum atomic E-state index is 5.88. The molecule has 0 bridgehead atoms. The van der Waals surface area contributed by atoms with Crippen molar-refractivity contribution in [3.05, 3.63) is 23.7 Å². The molecule has 0 aromatic carbocycles. The van der Waals surface area contributed by atoms with E-state index >= 15 is 0 Å². The minimum absolute atomic E-state index is 0.134. The first-order valence-corrected chi connectivity index (χ1v) is 6.20. The number of anilines is 1. The molecular formula is C11H13ClN2S. The first kappa shape index (κ1) is 10.7. The van der Waals surface area contributed by atoms with E-state index in [1.54, 1.807) is 11.3 Å². The lowest BCUT2D eigenvalue weighted by Crippen LogP contribution is -2.33. The zero-order chi connectivity index (χ0) is 10.9. The fraction of sp³-hybridized carbons (Fsp3) is 0.364. The fourth-order valence-corrected chi connectivity index (χ4v) is 2.20. The van der Waals surface area contributed by atoms with E-state index in [2.05, 4.69) is 35.6 Å². The SMILES string of the molecule is CC(C)(CCl)Nc1nccc2sccc12. The third-order valence-corrected chi connectivity index (χ3v) is 3.72. The van der Waals surface area contributed by atoms with Gasteiger partial charge in [0.05, 0.1) is 0 Å². The molecule has 2 heterocycles. The summed E-state index contributed by atoms with van der Waals surface area (Å²) >= 11 is 7.60. The number of fused-ring (bicyclic) bond motifs is 1. The predicted octanol–water partition coefficient (Wildman–Crippen LogP) is 3.73. The maximum Gasteiger partial charge on any atom is 0.135 e. The Labute approximate surface area is 98.3 Å². The van der Waals surface area contributed by atoms with Crippen LogP contribution in [-0.2, 0) is 0 Å². The van der Waals surface area contributed by atoms with Crippen molar-refractivity contribution in [2.45, 2.75) is 19.4 Å². The van der Waals surface area contributed by atoms with Crippen LogP contribution in [0.15, 0.2) is 23.7 Å². The summed E-state index contributed by atoms with van der Waals surface area (Å²) < 4.78 is 1.25. The van der Waals surface area contributed by atoms with Crippen molar-refractivity contribution >= 4 is 38.8 Å². The highest BCUT2D eigenvalue weighted by Gasteiger charge is 2.17. The minimum atomic E-state index is -0.134. The van der Waals surface area contributed by atoms with E-state index in [1.165, 1.54) is 10.1 Å². The maximum absolute atomic E-state index is 5.88. The Kier molecular flexibility index (Phi) is 2.85. The van der Waals surface area contributed by atoms with E-state index in [0.717, 1.165) is 5.82 Å². The fourth-order valence-electron chi connectivity index (χ4n) is 1.35. The van der Waals surface area contributed by atoms with Gasteiger partial charge in [-0.1, -0.05) is 0 Å². The van der Waals surface area contributed by atoms with Crippen molar-refractivity contribution in [3.8, 4) is 0 Å². The van der Waals surface area contributed by atoms with E-state index in [-0.39, 0.29) is 5.54 Å². The van der Waals surface area contributed by atoms with Gasteiger partial charge in [0, 0.05) is 27.7 Å². The molecule has 0 aliphatic rings. The topological polar surface area (TPSA) is 24.9 Å². The molecule has 2 aromatic heterocycles. The summed E-state index contributed by atoms with van der Waals surface area (Å²) in [6, 6.07) is 4.11. The highest BCUT2D eigenvalue weighted by molar-refractivity contribution is 7.17. The summed E-state index contributed by atoms with van der Waals surface area (Å²) in [5, 5.41) is 6.60. The average Bonchev–Trinajstić information content (AvgIpc) is 2.66. The quantitative estimate of drug-likeness (QED) is 0.827. The molecule has 0 atom stereocenters. The largest absolute Gasteiger partial charge is 0.363 e. The Morgan fingerprint density at radius 2 is 2.27 bits per heavy atom. The number of hydrogen-bond donors (Lipinski definition) is 1. The normalized spacial score (nSPS) is 11.9. The molecule has 2 aromatic rings. The lowest BCUT2D eigenvalue weighted by atomic mass is 10.1. The zero-order valence-electron chi connectivity index (χ0n) is 8.75. The summed E-state index contributed by atoms with van der Waals surface area (Å²) in [5.74, 6) is 1.47. The molecule has 0 unspecified atom stereocenters. The third kappa shape index (κ3) is 2.24. The molecule has 1 N–H and O–H groups in total. The van der Waals surface area contributed by atoms with Gasteiger partial charge < -0.3 is 5.32 Å². The van der Waals surface area contributed by atoms with Crippen molar-refractivity contribution in [1.82, 2.24) is 4.98 Å². The van der Waals surface area contributed by atoms with Gasteiger partial charge >= 0.3 is 0 Å². The Morgan fingerprint density at radius 3 is 3.00 bits per heavy atom. The second kappa shape index (κ2) is 3.99. The van der Waals surface area contributed by atoms with Gasteiger partial charge in [-0.3, -0.25) is 0 Å². The van der Waals surface area contributed by atoms with Crippen LogP contribution >= 0.6 is 22.9 Å². The van der Waals surface area contributed by atoms with Crippen LogP contribution in [0.3, 0.4) is 0 Å². The molecule has 0 saturated heterocycles. The first-order valence-electron chi connectivity index (χ1n) is 4.79. The number of nitrogens with one attached hydrogen (secondary N) is 1. The molecule has 80 valence electrons. The standard InChI is InChI=1S/C11H13ClN2S/c1-11(2,7-12)14-10-8-4-6-15-9(8)3-5-13-10/h3-6H,7H2,1-2H3,(H,13,14). The van der Waals surface area contributed by atoms with Crippen LogP contribution in [0.25, 0.3) is 10.1 Å². The molecule has 2 rings (SSSR count). The number of hydrogen-bond acceptors (Lipinski definition) is 3. The Balaban J connectivity index is 2.39. The van der Waals surface area contributed by atoms with Gasteiger partial charge in [-0.2, -0.15) is 0 Å². The Hall–Kier alpha value is -0.800. The number of alkyl halides is 1. The molecule has 0 radical (unpaired) electrons. The van der Waals surface area contributed by atoms with Crippen LogP contribution in [0.4, 0.5) is 5.82 Å². The lowest BCUT2D eigenvalue weighted by molar-refractivity contribution is 0.639. The predicted molar refractivity (Wildman–Crippen MR) is 68.0 cm³/mol. The number of thiophene rings is 1. The van der Waals surface area contributed by atoms with E-state index in [1.807, 2.05) is 12.3 Å². The van der Waals surface area contributed by atoms with Crippen molar-refractivity contribution < 1.29 is 0 Å². The summed E-state index contributed by atoms with van der Waals surface area (Å²) in [6.45, 7) is 4.12. The van der Waals surface area contributed by atoms with Gasteiger partial charge in [0.25, 0.3) is 0 Å². The van der Waals surface area contributed by atoms with Gasteiger partial charge in [-0.15, -0.1) is 22.9 Å². The monoisotopic (exact) mass is 240 g/mol. The van der Waals surface area contributed by atoms with Crippen LogP contribution in [0.1, 0.15) is 13.8 Å². The molecule has 4 heteroatoms. The van der Waals surface area contributed by atoms with E-state index < -0.39 is 0 Å². The summed E-state index contributed by atoms with van der Waals surface area (Å²) in [7, 11) is 0.